The molecule has 1 amide bonds. The standard InChI is InChI=1S/C29H30N4O2S/c1-21(28(34)32-18-17-23-12-6-7-13-24(23)20-32)36-29-31-30-27(25-14-8-9-15-26(25)35-2)33(29)19-16-22-10-4-3-5-11-22/h3-15,21H,16-20H2,1-2H3. The third kappa shape index (κ3) is 5.16. The molecule has 3 aromatic carbocycles. The second-order valence-electron chi connectivity index (χ2n) is 8.93. The predicted octanol–water partition coefficient (Wildman–Crippen LogP) is 5.26. The Hall–Kier alpha value is -3.58. The van der Waals surface area contributed by atoms with Crippen LogP contribution >= 0.6 is 11.8 Å². The van der Waals surface area contributed by atoms with Gasteiger partial charge in [0.2, 0.25) is 5.91 Å². The van der Waals surface area contributed by atoms with Crippen LogP contribution in [0.3, 0.4) is 0 Å². The molecule has 0 fully saturated rings. The molecular weight excluding hydrogens is 468 g/mol. The summed E-state index contributed by atoms with van der Waals surface area (Å²) in [5.74, 6) is 1.63. The first-order chi connectivity index (χ1) is 17.6. The van der Waals surface area contributed by atoms with Gasteiger partial charge in [0.1, 0.15) is 5.75 Å². The number of carbonyl (C=O) groups is 1. The van der Waals surface area contributed by atoms with E-state index in [9.17, 15) is 4.79 Å². The van der Waals surface area contributed by atoms with Crippen LogP contribution in [0.1, 0.15) is 23.6 Å². The molecule has 2 heterocycles. The van der Waals surface area contributed by atoms with Gasteiger partial charge < -0.3 is 14.2 Å². The van der Waals surface area contributed by atoms with Crippen LogP contribution in [0.5, 0.6) is 5.75 Å². The minimum absolute atomic E-state index is 0.131. The summed E-state index contributed by atoms with van der Waals surface area (Å²) in [5.41, 5.74) is 4.70. The number of carbonyl (C=O) groups excluding carboxylic acids is 1. The van der Waals surface area contributed by atoms with Crippen LogP contribution in [-0.2, 0) is 30.7 Å². The van der Waals surface area contributed by atoms with Gasteiger partial charge in [-0.1, -0.05) is 78.5 Å². The lowest BCUT2D eigenvalue weighted by atomic mass is 10.00. The minimum atomic E-state index is -0.277. The van der Waals surface area contributed by atoms with Gasteiger partial charge in [-0.25, -0.2) is 0 Å². The van der Waals surface area contributed by atoms with Gasteiger partial charge in [0.25, 0.3) is 0 Å². The van der Waals surface area contributed by atoms with Crippen molar-refractivity contribution in [1.29, 1.82) is 0 Å². The molecule has 1 atom stereocenters. The molecule has 0 saturated heterocycles. The molecule has 1 aliphatic rings. The zero-order valence-electron chi connectivity index (χ0n) is 20.6. The van der Waals surface area contributed by atoms with Crippen molar-refractivity contribution >= 4 is 17.7 Å². The smallest absolute Gasteiger partial charge is 0.236 e. The van der Waals surface area contributed by atoms with E-state index in [1.807, 2.05) is 48.2 Å². The van der Waals surface area contributed by atoms with Gasteiger partial charge in [-0.05, 0) is 48.6 Å². The van der Waals surface area contributed by atoms with E-state index in [-0.39, 0.29) is 11.2 Å². The highest BCUT2D eigenvalue weighted by Gasteiger charge is 2.27. The second kappa shape index (κ2) is 11.0. The lowest BCUT2D eigenvalue weighted by Crippen LogP contribution is -2.40. The first-order valence-corrected chi connectivity index (χ1v) is 13.1. The summed E-state index contributed by atoms with van der Waals surface area (Å²) >= 11 is 1.47. The van der Waals surface area contributed by atoms with Crippen molar-refractivity contribution < 1.29 is 9.53 Å². The highest BCUT2D eigenvalue weighted by atomic mass is 32.2. The quantitative estimate of drug-likeness (QED) is 0.310. The summed E-state index contributed by atoms with van der Waals surface area (Å²) in [5, 5.41) is 9.55. The van der Waals surface area contributed by atoms with Crippen molar-refractivity contribution in [3.63, 3.8) is 0 Å². The van der Waals surface area contributed by atoms with E-state index in [2.05, 4.69) is 57.2 Å². The van der Waals surface area contributed by atoms with E-state index in [1.54, 1.807) is 7.11 Å². The highest BCUT2D eigenvalue weighted by molar-refractivity contribution is 8.00. The number of rotatable bonds is 8. The molecule has 1 aliphatic heterocycles. The maximum absolute atomic E-state index is 13.4. The molecule has 4 aromatic rings. The number of hydrogen-bond donors (Lipinski definition) is 0. The molecule has 0 bridgehead atoms. The number of thioether (sulfide) groups is 1. The summed E-state index contributed by atoms with van der Waals surface area (Å²) in [7, 11) is 1.66. The Bertz CT molecular complexity index is 1340. The van der Waals surface area contributed by atoms with Gasteiger partial charge >= 0.3 is 0 Å². The van der Waals surface area contributed by atoms with Gasteiger partial charge in [-0.3, -0.25) is 4.79 Å². The highest BCUT2D eigenvalue weighted by Crippen LogP contribution is 2.33. The Morgan fingerprint density at radius 2 is 1.69 bits per heavy atom. The molecule has 1 unspecified atom stereocenters. The number of benzene rings is 3. The average Bonchev–Trinajstić information content (AvgIpc) is 3.33. The first-order valence-electron chi connectivity index (χ1n) is 12.3. The Labute approximate surface area is 216 Å². The number of ether oxygens (including phenoxy) is 1. The van der Waals surface area contributed by atoms with Crippen LogP contribution in [0, 0.1) is 0 Å². The Morgan fingerprint density at radius 1 is 0.972 bits per heavy atom. The van der Waals surface area contributed by atoms with Crippen LogP contribution in [0.25, 0.3) is 11.4 Å². The van der Waals surface area contributed by atoms with Crippen molar-refractivity contribution in [2.24, 2.45) is 0 Å². The normalized spacial score (nSPS) is 13.8. The Kier molecular flexibility index (Phi) is 7.37. The van der Waals surface area contributed by atoms with Crippen LogP contribution in [0.15, 0.2) is 84.0 Å². The van der Waals surface area contributed by atoms with Crippen molar-refractivity contribution in [3.05, 3.63) is 95.6 Å². The summed E-state index contributed by atoms with van der Waals surface area (Å²) in [6.45, 7) is 4.07. The maximum atomic E-state index is 13.4. The summed E-state index contributed by atoms with van der Waals surface area (Å²) in [6, 6.07) is 26.6. The predicted molar refractivity (Wildman–Crippen MR) is 143 cm³/mol. The van der Waals surface area contributed by atoms with E-state index in [0.717, 1.165) is 41.7 Å². The fourth-order valence-electron chi connectivity index (χ4n) is 4.64. The van der Waals surface area contributed by atoms with Crippen LogP contribution < -0.4 is 4.74 Å². The zero-order chi connectivity index (χ0) is 24.9. The minimum Gasteiger partial charge on any atom is -0.496 e. The van der Waals surface area contributed by atoms with Gasteiger partial charge in [0.05, 0.1) is 17.9 Å². The largest absolute Gasteiger partial charge is 0.496 e. The van der Waals surface area contributed by atoms with Crippen LogP contribution in [0.2, 0.25) is 0 Å². The van der Waals surface area contributed by atoms with Crippen molar-refractivity contribution in [2.45, 2.75) is 43.3 Å². The van der Waals surface area contributed by atoms with E-state index >= 15 is 0 Å². The lowest BCUT2D eigenvalue weighted by molar-refractivity contribution is -0.131. The molecule has 184 valence electrons. The molecule has 1 aromatic heterocycles. The Morgan fingerprint density at radius 3 is 2.50 bits per heavy atom. The van der Waals surface area contributed by atoms with E-state index in [0.29, 0.717) is 13.1 Å². The number of aryl methyl sites for hydroxylation is 1. The van der Waals surface area contributed by atoms with E-state index in [4.69, 9.17) is 4.74 Å². The Balaban J connectivity index is 1.39. The number of amides is 1. The summed E-state index contributed by atoms with van der Waals surface area (Å²) in [6.07, 6.45) is 1.73. The molecular formula is C29H30N4O2S. The summed E-state index contributed by atoms with van der Waals surface area (Å²) < 4.78 is 7.72. The van der Waals surface area contributed by atoms with Gasteiger partial charge in [-0.15, -0.1) is 10.2 Å². The molecule has 0 aliphatic carbocycles. The SMILES string of the molecule is COc1ccccc1-c1nnc(SC(C)C(=O)N2CCc3ccccc3C2)n1CCc1ccccc1. The summed E-state index contributed by atoms with van der Waals surface area (Å²) in [4.78, 5) is 15.4. The third-order valence-corrected chi connectivity index (χ3v) is 7.67. The molecule has 0 saturated carbocycles. The maximum Gasteiger partial charge on any atom is 0.236 e. The van der Waals surface area contributed by atoms with Crippen LogP contribution in [-0.4, -0.2) is 44.5 Å². The number of aromatic nitrogens is 3. The van der Waals surface area contributed by atoms with Gasteiger partial charge in [0, 0.05) is 19.6 Å². The fourth-order valence-corrected chi connectivity index (χ4v) is 5.60. The number of methoxy groups -OCH3 is 1. The first kappa shape index (κ1) is 24.1. The van der Waals surface area contributed by atoms with E-state index in [1.165, 1.54) is 28.5 Å². The molecule has 0 spiro atoms. The second-order valence-corrected chi connectivity index (χ2v) is 10.2. The average molecular weight is 499 g/mol. The fraction of sp³-hybridized carbons (Fsp3) is 0.276. The monoisotopic (exact) mass is 498 g/mol. The molecule has 7 heteroatoms. The zero-order valence-corrected chi connectivity index (χ0v) is 21.4. The topological polar surface area (TPSA) is 60.3 Å². The van der Waals surface area contributed by atoms with Crippen molar-refractivity contribution in [1.82, 2.24) is 19.7 Å². The van der Waals surface area contributed by atoms with E-state index < -0.39 is 0 Å². The van der Waals surface area contributed by atoms with Crippen molar-refractivity contribution in [3.8, 4) is 17.1 Å². The van der Waals surface area contributed by atoms with Crippen molar-refractivity contribution in [2.75, 3.05) is 13.7 Å². The molecule has 0 radical (unpaired) electrons. The molecule has 5 rings (SSSR count). The third-order valence-electron chi connectivity index (χ3n) is 6.60. The molecule has 36 heavy (non-hydrogen) atoms. The molecule has 0 N–H and O–H groups in total. The number of hydrogen-bond acceptors (Lipinski definition) is 5. The lowest BCUT2D eigenvalue weighted by Gasteiger charge is -2.30. The van der Waals surface area contributed by atoms with Gasteiger partial charge in [-0.2, -0.15) is 0 Å². The molecule has 6 nitrogen and oxygen atoms in total. The van der Waals surface area contributed by atoms with Crippen LogP contribution in [0.4, 0.5) is 0 Å². The number of nitrogens with zero attached hydrogens (tertiary/aromatic N) is 4. The number of para-hydroxylation sites is 1. The number of fused-ring (bicyclic) bond motifs is 1. The van der Waals surface area contributed by atoms with Gasteiger partial charge in [0.15, 0.2) is 11.0 Å².